The molecule has 2 atom stereocenters. The molecule has 1 saturated heterocycles. The van der Waals surface area contributed by atoms with Crippen molar-refractivity contribution in [2.24, 2.45) is 0 Å². The minimum atomic E-state index is -0.663. The summed E-state index contributed by atoms with van der Waals surface area (Å²) in [4.78, 5) is 19.0. The molecule has 0 aliphatic carbocycles. The SMILES string of the molecule is CC(C)c1nn(-c2c[nH]cn2)c(-c2ccc(F)cc2)c1CCC1CC(O)CC(=O)O1. The zero-order chi connectivity index (χ0) is 21.3. The third-order valence-corrected chi connectivity index (χ3v) is 5.33. The Morgan fingerprint density at radius 3 is 2.73 bits per heavy atom. The molecule has 2 N–H and O–H groups in total. The van der Waals surface area contributed by atoms with Crippen molar-refractivity contribution in [1.82, 2.24) is 19.7 Å². The molecule has 0 spiro atoms. The number of nitrogens with zero attached hydrogens (tertiary/aromatic N) is 3. The number of ether oxygens (including phenoxy) is 1. The number of nitrogens with one attached hydrogen (secondary N) is 1. The van der Waals surface area contributed by atoms with E-state index in [4.69, 9.17) is 9.84 Å². The van der Waals surface area contributed by atoms with E-state index in [0.717, 1.165) is 22.5 Å². The first kappa shape index (κ1) is 20.3. The van der Waals surface area contributed by atoms with Gasteiger partial charge in [0.2, 0.25) is 0 Å². The summed E-state index contributed by atoms with van der Waals surface area (Å²) in [5.41, 5.74) is 3.60. The van der Waals surface area contributed by atoms with Gasteiger partial charge in [-0.2, -0.15) is 5.10 Å². The summed E-state index contributed by atoms with van der Waals surface area (Å²) in [6.45, 7) is 4.14. The lowest BCUT2D eigenvalue weighted by Crippen LogP contribution is -2.32. The van der Waals surface area contributed by atoms with Crippen molar-refractivity contribution in [1.29, 1.82) is 0 Å². The van der Waals surface area contributed by atoms with E-state index in [0.29, 0.717) is 25.1 Å². The van der Waals surface area contributed by atoms with Gasteiger partial charge in [0.1, 0.15) is 11.9 Å². The van der Waals surface area contributed by atoms with Crippen molar-refractivity contribution >= 4 is 5.97 Å². The van der Waals surface area contributed by atoms with Crippen LogP contribution in [0.4, 0.5) is 4.39 Å². The van der Waals surface area contributed by atoms with E-state index in [2.05, 4.69) is 23.8 Å². The Hall–Kier alpha value is -3.00. The molecule has 1 aliphatic rings. The highest BCUT2D eigenvalue weighted by atomic mass is 19.1. The van der Waals surface area contributed by atoms with Crippen molar-refractivity contribution < 1.29 is 19.0 Å². The monoisotopic (exact) mass is 412 g/mol. The summed E-state index contributed by atoms with van der Waals surface area (Å²) in [6.07, 6.45) is 4.00. The molecule has 158 valence electrons. The van der Waals surface area contributed by atoms with Crippen LogP contribution in [-0.2, 0) is 16.0 Å². The van der Waals surface area contributed by atoms with Crippen LogP contribution < -0.4 is 0 Å². The van der Waals surface area contributed by atoms with Gasteiger partial charge in [0.05, 0.1) is 30.2 Å². The molecule has 3 heterocycles. The van der Waals surface area contributed by atoms with Crippen LogP contribution in [0.2, 0.25) is 0 Å². The van der Waals surface area contributed by atoms with Crippen LogP contribution in [0.25, 0.3) is 17.1 Å². The van der Waals surface area contributed by atoms with Gasteiger partial charge >= 0.3 is 5.97 Å². The lowest BCUT2D eigenvalue weighted by Gasteiger charge is -2.26. The molecule has 2 aromatic heterocycles. The van der Waals surface area contributed by atoms with Gasteiger partial charge in [-0.05, 0) is 43.0 Å². The van der Waals surface area contributed by atoms with Gasteiger partial charge < -0.3 is 14.8 Å². The van der Waals surface area contributed by atoms with Crippen molar-refractivity contribution in [2.45, 2.75) is 57.7 Å². The number of benzene rings is 1. The second kappa shape index (κ2) is 8.39. The first-order valence-corrected chi connectivity index (χ1v) is 10.2. The molecule has 1 aromatic carbocycles. The predicted octanol–water partition coefficient (Wildman–Crippen LogP) is 3.52. The lowest BCUT2D eigenvalue weighted by atomic mass is 9.93. The fraction of sp³-hybridized carbons (Fsp3) is 0.409. The third-order valence-electron chi connectivity index (χ3n) is 5.33. The number of aliphatic hydroxyl groups is 1. The number of H-pyrrole nitrogens is 1. The van der Waals surface area contributed by atoms with Gasteiger partial charge in [-0.3, -0.25) is 4.79 Å². The second-order valence-electron chi connectivity index (χ2n) is 7.96. The van der Waals surface area contributed by atoms with Gasteiger partial charge in [-0.25, -0.2) is 14.1 Å². The highest BCUT2D eigenvalue weighted by Crippen LogP contribution is 2.34. The average molecular weight is 412 g/mol. The fourth-order valence-electron chi connectivity index (χ4n) is 3.96. The number of aromatic amines is 1. The van der Waals surface area contributed by atoms with Gasteiger partial charge in [0.15, 0.2) is 5.82 Å². The number of cyclic esters (lactones) is 1. The van der Waals surface area contributed by atoms with Crippen molar-refractivity contribution in [3.63, 3.8) is 0 Å². The van der Waals surface area contributed by atoms with Gasteiger partial charge in [-0.15, -0.1) is 0 Å². The number of aromatic nitrogens is 4. The van der Waals surface area contributed by atoms with Crippen LogP contribution in [0.1, 0.15) is 50.3 Å². The Morgan fingerprint density at radius 2 is 2.10 bits per heavy atom. The zero-order valence-electron chi connectivity index (χ0n) is 17.0. The summed E-state index contributed by atoms with van der Waals surface area (Å²) in [5, 5.41) is 14.7. The van der Waals surface area contributed by atoms with Gasteiger partial charge in [-0.1, -0.05) is 13.8 Å². The molecule has 8 heteroatoms. The topological polar surface area (TPSA) is 93.0 Å². The van der Waals surface area contributed by atoms with E-state index in [9.17, 15) is 14.3 Å². The van der Waals surface area contributed by atoms with E-state index in [-0.39, 0.29) is 30.2 Å². The zero-order valence-corrected chi connectivity index (χ0v) is 17.0. The number of carbonyl (C=O) groups is 1. The molecule has 3 aromatic rings. The first-order chi connectivity index (χ1) is 14.4. The molecule has 0 amide bonds. The molecule has 0 radical (unpaired) electrons. The number of halogens is 1. The molecule has 0 saturated carbocycles. The summed E-state index contributed by atoms with van der Waals surface area (Å²) in [7, 11) is 0. The summed E-state index contributed by atoms with van der Waals surface area (Å²) in [6, 6.07) is 6.31. The van der Waals surface area contributed by atoms with E-state index in [1.807, 2.05) is 0 Å². The maximum atomic E-state index is 13.6. The molecular formula is C22H25FN4O3. The quantitative estimate of drug-likeness (QED) is 0.604. The summed E-state index contributed by atoms with van der Waals surface area (Å²) >= 11 is 0. The predicted molar refractivity (Wildman–Crippen MR) is 109 cm³/mol. The van der Waals surface area contributed by atoms with E-state index >= 15 is 0 Å². The number of aliphatic hydroxyl groups excluding tert-OH is 1. The Bertz CT molecular complexity index is 1010. The van der Waals surface area contributed by atoms with Crippen molar-refractivity contribution in [2.75, 3.05) is 0 Å². The Balaban J connectivity index is 1.75. The smallest absolute Gasteiger partial charge is 0.308 e. The number of hydrogen-bond donors (Lipinski definition) is 2. The molecule has 2 unspecified atom stereocenters. The van der Waals surface area contributed by atoms with Gasteiger partial charge in [0, 0.05) is 23.7 Å². The standard InChI is InChI=1S/C22H25FN4O3/c1-13(2)21-18(8-7-17-9-16(28)10-20(29)30-17)22(14-3-5-15(23)6-4-14)27(26-21)19-11-24-12-25-19/h3-6,11-13,16-17,28H,7-10H2,1-2H3,(H,24,25). The second-order valence-corrected chi connectivity index (χ2v) is 7.96. The lowest BCUT2D eigenvalue weighted by molar-refractivity contribution is -0.160. The summed E-state index contributed by atoms with van der Waals surface area (Å²) < 4.78 is 20.8. The largest absolute Gasteiger partial charge is 0.462 e. The van der Waals surface area contributed by atoms with Crippen LogP contribution >= 0.6 is 0 Å². The highest BCUT2D eigenvalue weighted by Gasteiger charge is 2.29. The van der Waals surface area contributed by atoms with E-state index in [1.165, 1.54) is 12.1 Å². The molecule has 0 bridgehead atoms. The van der Waals surface area contributed by atoms with Gasteiger partial charge in [0.25, 0.3) is 0 Å². The number of carbonyl (C=O) groups excluding carboxylic acids is 1. The normalized spacial score (nSPS) is 19.3. The summed E-state index contributed by atoms with van der Waals surface area (Å²) in [5.74, 6) is 0.119. The van der Waals surface area contributed by atoms with Crippen LogP contribution in [-0.4, -0.2) is 43.0 Å². The van der Waals surface area contributed by atoms with E-state index in [1.54, 1.807) is 29.3 Å². The van der Waals surface area contributed by atoms with Crippen molar-refractivity contribution in [3.05, 3.63) is 53.9 Å². The Morgan fingerprint density at radius 1 is 1.33 bits per heavy atom. The molecule has 7 nitrogen and oxygen atoms in total. The van der Waals surface area contributed by atoms with Crippen LogP contribution in [0.15, 0.2) is 36.8 Å². The third kappa shape index (κ3) is 4.14. The number of imidazole rings is 1. The van der Waals surface area contributed by atoms with Crippen LogP contribution in [0.5, 0.6) is 0 Å². The highest BCUT2D eigenvalue weighted by molar-refractivity contribution is 5.71. The first-order valence-electron chi connectivity index (χ1n) is 10.2. The van der Waals surface area contributed by atoms with Crippen molar-refractivity contribution in [3.8, 4) is 17.1 Å². The molecule has 4 rings (SSSR count). The minimum absolute atomic E-state index is 0.0473. The Labute approximate surface area is 173 Å². The number of rotatable bonds is 6. The molecule has 1 fully saturated rings. The average Bonchev–Trinajstić information content (AvgIpc) is 3.34. The minimum Gasteiger partial charge on any atom is -0.462 e. The van der Waals surface area contributed by atoms with E-state index < -0.39 is 6.10 Å². The Kier molecular flexibility index (Phi) is 5.67. The molecular weight excluding hydrogens is 387 g/mol. The number of esters is 1. The fourth-order valence-corrected chi connectivity index (χ4v) is 3.96. The maximum Gasteiger partial charge on any atom is 0.308 e. The molecule has 1 aliphatic heterocycles. The molecule has 30 heavy (non-hydrogen) atoms. The van der Waals surface area contributed by atoms with Crippen LogP contribution in [0.3, 0.4) is 0 Å². The number of hydrogen-bond acceptors (Lipinski definition) is 5. The maximum absolute atomic E-state index is 13.6. The van der Waals surface area contributed by atoms with Crippen LogP contribution in [0, 0.1) is 5.82 Å².